The summed E-state index contributed by atoms with van der Waals surface area (Å²) in [6.07, 6.45) is 3.82. The van der Waals surface area contributed by atoms with Gasteiger partial charge in [0.2, 0.25) is 10.0 Å². The molecule has 1 aromatic carbocycles. The maximum absolute atomic E-state index is 13.7. The molecule has 8 nitrogen and oxygen atoms in total. The van der Waals surface area contributed by atoms with E-state index in [1.807, 2.05) is 0 Å². The Bertz CT molecular complexity index is 806. The Balaban J connectivity index is 2.08. The average molecular weight is 342 g/mol. The number of hydrogen-bond acceptors (Lipinski definition) is 5. The zero-order chi connectivity index (χ0) is 17.0. The fourth-order valence-electron chi connectivity index (χ4n) is 1.95. The molecular formula is C13H15FN4O4S. The zero-order valence-electron chi connectivity index (χ0n) is 12.3. The molecule has 0 saturated carbocycles. The Morgan fingerprint density at radius 2 is 2.17 bits per heavy atom. The molecule has 23 heavy (non-hydrogen) atoms. The van der Waals surface area contributed by atoms with Gasteiger partial charge in [-0.15, -0.1) is 0 Å². The Morgan fingerprint density at radius 3 is 2.78 bits per heavy atom. The molecule has 2 rings (SSSR count). The van der Waals surface area contributed by atoms with E-state index in [0.717, 1.165) is 12.1 Å². The highest BCUT2D eigenvalue weighted by molar-refractivity contribution is 7.89. The maximum Gasteiger partial charge on any atom is 0.276 e. The van der Waals surface area contributed by atoms with Crippen molar-refractivity contribution >= 4 is 15.7 Å². The number of nitro groups is 1. The third kappa shape index (κ3) is 4.11. The molecular weight excluding hydrogens is 327 g/mol. The second kappa shape index (κ2) is 6.84. The van der Waals surface area contributed by atoms with Gasteiger partial charge in [0.05, 0.1) is 15.4 Å². The van der Waals surface area contributed by atoms with E-state index in [9.17, 15) is 22.9 Å². The van der Waals surface area contributed by atoms with Crippen molar-refractivity contribution in [3.8, 4) is 0 Å². The van der Waals surface area contributed by atoms with Gasteiger partial charge in [0.15, 0.2) is 0 Å². The standard InChI is InChI=1S/C13H15FN4O4S/c1-10-12(14)8-11(9-13(10)18(19)20)23(21,22)16-5-3-7-17-6-2-4-15-17/h2,4,6,8-9,16H,3,5,7H2,1H3. The number of aromatic nitrogens is 2. The third-order valence-electron chi connectivity index (χ3n) is 3.21. The molecule has 10 heteroatoms. The lowest BCUT2D eigenvalue weighted by atomic mass is 10.2. The first kappa shape index (κ1) is 17.0. The van der Waals surface area contributed by atoms with E-state index in [0.29, 0.717) is 13.0 Å². The molecule has 0 fully saturated rings. The van der Waals surface area contributed by atoms with Crippen molar-refractivity contribution in [2.24, 2.45) is 0 Å². The molecule has 1 heterocycles. The van der Waals surface area contributed by atoms with Gasteiger partial charge >= 0.3 is 0 Å². The Morgan fingerprint density at radius 1 is 1.43 bits per heavy atom. The maximum atomic E-state index is 13.7. The van der Waals surface area contributed by atoms with E-state index in [1.165, 1.54) is 6.92 Å². The minimum atomic E-state index is -4.02. The van der Waals surface area contributed by atoms with Gasteiger partial charge in [-0.1, -0.05) is 0 Å². The van der Waals surface area contributed by atoms with Crippen LogP contribution in [0.4, 0.5) is 10.1 Å². The number of nitrogens with zero attached hydrogens (tertiary/aromatic N) is 3. The summed E-state index contributed by atoms with van der Waals surface area (Å²) in [4.78, 5) is 9.58. The molecule has 124 valence electrons. The van der Waals surface area contributed by atoms with Crippen molar-refractivity contribution in [2.75, 3.05) is 6.54 Å². The molecule has 0 aliphatic heterocycles. The van der Waals surface area contributed by atoms with Crippen LogP contribution < -0.4 is 4.72 Å². The third-order valence-corrected chi connectivity index (χ3v) is 4.65. The van der Waals surface area contributed by atoms with Crippen LogP contribution in [0.5, 0.6) is 0 Å². The van der Waals surface area contributed by atoms with Gasteiger partial charge in [-0.3, -0.25) is 14.8 Å². The topological polar surface area (TPSA) is 107 Å². The minimum absolute atomic E-state index is 0.103. The molecule has 0 spiro atoms. The van der Waals surface area contributed by atoms with Crippen LogP contribution in [0.15, 0.2) is 35.5 Å². The summed E-state index contributed by atoms with van der Waals surface area (Å²) in [6.45, 7) is 1.84. The summed E-state index contributed by atoms with van der Waals surface area (Å²) in [7, 11) is -4.02. The predicted octanol–water partition coefficient (Wildman–Crippen LogP) is 1.61. The normalized spacial score (nSPS) is 11.6. The Kier molecular flexibility index (Phi) is 5.06. The highest BCUT2D eigenvalue weighted by Crippen LogP contribution is 2.25. The number of rotatable bonds is 7. The van der Waals surface area contributed by atoms with E-state index < -0.39 is 31.3 Å². The van der Waals surface area contributed by atoms with Crippen molar-refractivity contribution in [2.45, 2.75) is 24.8 Å². The quantitative estimate of drug-likeness (QED) is 0.467. The number of halogens is 1. The SMILES string of the molecule is Cc1c(F)cc(S(=O)(=O)NCCCn2cccn2)cc1[N+](=O)[O-]. The lowest BCUT2D eigenvalue weighted by Crippen LogP contribution is -2.26. The van der Waals surface area contributed by atoms with Crippen molar-refractivity contribution in [3.63, 3.8) is 0 Å². The summed E-state index contributed by atoms with van der Waals surface area (Å²) in [6, 6.07) is 3.38. The fraction of sp³-hybridized carbons (Fsp3) is 0.308. The highest BCUT2D eigenvalue weighted by atomic mass is 32.2. The number of benzene rings is 1. The van der Waals surface area contributed by atoms with E-state index in [1.54, 1.807) is 23.1 Å². The summed E-state index contributed by atoms with van der Waals surface area (Å²) < 4.78 is 41.9. The molecule has 0 unspecified atom stereocenters. The van der Waals surface area contributed by atoms with Gasteiger partial charge in [0.25, 0.3) is 5.69 Å². The van der Waals surface area contributed by atoms with Gasteiger partial charge in [-0.2, -0.15) is 5.10 Å². The summed E-state index contributed by atoms with van der Waals surface area (Å²) >= 11 is 0. The van der Waals surface area contributed by atoms with Crippen LogP contribution >= 0.6 is 0 Å². The first-order chi connectivity index (χ1) is 10.8. The first-order valence-electron chi connectivity index (χ1n) is 6.73. The molecule has 0 radical (unpaired) electrons. The van der Waals surface area contributed by atoms with E-state index >= 15 is 0 Å². The van der Waals surface area contributed by atoms with Crippen molar-refractivity contribution < 1.29 is 17.7 Å². The van der Waals surface area contributed by atoms with Gasteiger partial charge in [0, 0.05) is 31.5 Å². The second-order valence-electron chi connectivity index (χ2n) is 4.83. The lowest BCUT2D eigenvalue weighted by molar-refractivity contribution is -0.385. The van der Waals surface area contributed by atoms with E-state index in [4.69, 9.17) is 0 Å². The van der Waals surface area contributed by atoms with Crippen LogP contribution in [-0.2, 0) is 16.6 Å². The molecule has 1 aromatic heterocycles. The molecule has 0 saturated heterocycles. The van der Waals surface area contributed by atoms with Gasteiger partial charge < -0.3 is 0 Å². The first-order valence-corrected chi connectivity index (χ1v) is 8.21. The van der Waals surface area contributed by atoms with Crippen LogP contribution in [0.25, 0.3) is 0 Å². The van der Waals surface area contributed by atoms with Gasteiger partial charge in [-0.05, 0) is 25.5 Å². The summed E-state index contributed by atoms with van der Waals surface area (Å²) in [5.74, 6) is -0.934. The van der Waals surface area contributed by atoms with Crippen LogP contribution in [-0.4, -0.2) is 29.7 Å². The Labute approximate surface area is 132 Å². The van der Waals surface area contributed by atoms with Crippen molar-refractivity contribution in [3.05, 3.63) is 52.1 Å². The molecule has 0 amide bonds. The highest BCUT2D eigenvalue weighted by Gasteiger charge is 2.22. The fourth-order valence-corrected chi connectivity index (χ4v) is 3.05. The number of sulfonamides is 1. The lowest BCUT2D eigenvalue weighted by Gasteiger charge is -2.08. The molecule has 0 aliphatic carbocycles. The average Bonchev–Trinajstić information content (AvgIpc) is 2.99. The molecule has 2 aromatic rings. The van der Waals surface area contributed by atoms with Crippen LogP contribution in [0.2, 0.25) is 0 Å². The molecule has 0 atom stereocenters. The van der Waals surface area contributed by atoms with Gasteiger partial charge in [-0.25, -0.2) is 17.5 Å². The number of aryl methyl sites for hydroxylation is 1. The largest absolute Gasteiger partial charge is 0.276 e. The van der Waals surface area contributed by atoms with E-state index in [2.05, 4.69) is 9.82 Å². The van der Waals surface area contributed by atoms with E-state index in [-0.39, 0.29) is 12.1 Å². The second-order valence-corrected chi connectivity index (χ2v) is 6.59. The minimum Gasteiger partial charge on any atom is -0.273 e. The van der Waals surface area contributed by atoms with Crippen molar-refractivity contribution in [1.29, 1.82) is 0 Å². The zero-order valence-corrected chi connectivity index (χ0v) is 13.1. The van der Waals surface area contributed by atoms with Crippen LogP contribution in [0, 0.1) is 22.9 Å². The number of nitro benzene ring substituents is 1. The smallest absolute Gasteiger partial charge is 0.273 e. The van der Waals surface area contributed by atoms with Crippen molar-refractivity contribution in [1.82, 2.24) is 14.5 Å². The van der Waals surface area contributed by atoms with Crippen LogP contribution in [0.3, 0.4) is 0 Å². The summed E-state index contributed by atoms with van der Waals surface area (Å²) in [5, 5.41) is 14.8. The number of nitrogens with one attached hydrogen (secondary N) is 1. The predicted molar refractivity (Wildman–Crippen MR) is 79.8 cm³/mol. The summed E-state index contributed by atoms with van der Waals surface area (Å²) in [5.41, 5.74) is -0.769. The molecule has 1 N–H and O–H groups in total. The Hall–Kier alpha value is -2.33. The number of hydrogen-bond donors (Lipinski definition) is 1. The van der Waals surface area contributed by atoms with Gasteiger partial charge in [0.1, 0.15) is 5.82 Å². The molecule has 0 bridgehead atoms. The molecule has 0 aliphatic rings. The monoisotopic (exact) mass is 342 g/mol. The van der Waals surface area contributed by atoms with Crippen LogP contribution in [0.1, 0.15) is 12.0 Å².